The highest BCUT2D eigenvalue weighted by atomic mass is 32.1. The summed E-state index contributed by atoms with van der Waals surface area (Å²) in [5.74, 6) is 1.45. The van der Waals surface area contributed by atoms with Gasteiger partial charge in [0.25, 0.3) is 0 Å². The third kappa shape index (κ3) is 3.48. The van der Waals surface area contributed by atoms with Crippen molar-refractivity contribution in [3.05, 3.63) is 46.0 Å². The van der Waals surface area contributed by atoms with Crippen molar-refractivity contribution < 1.29 is 0 Å². The van der Waals surface area contributed by atoms with Gasteiger partial charge in [0.1, 0.15) is 0 Å². The van der Waals surface area contributed by atoms with Gasteiger partial charge in [0.2, 0.25) is 0 Å². The summed E-state index contributed by atoms with van der Waals surface area (Å²) in [6, 6.07) is 6.55. The van der Waals surface area contributed by atoms with Crippen molar-refractivity contribution in [3.63, 3.8) is 0 Å². The predicted molar refractivity (Wildman–Crippen MR) is 111 cm³/mol. The van der Waals surface area contributed by atoms with Crippen LogP contribution in [0.5, 0.6) is 0 Å². The molecule has 6 heteroatoms. The van der Waals surface area contributed by atoms with E-state index in [4.69, 9.17) is 10.1 Å². The Labute approximate surface area is 164 Å². The van der Waals surface area contributed by atoms with Crippen LogP contribution in [0.15, 0.2) is 29.8 Å². The molecule has 0 aliphatic carbocycles. The molecule has 0 bridgehead atoms. The Morgan fingerprint density at radius 2 is 2.00 bits per heavy atom. The second-order valence-corrected chi connectivity index (χ2v) is 8.96. The van der Waals surface area contributed by atoms with E-state index in [9.17, 15) is 0 Å². The van der Waals surface area contributed by atoms with Crippen LogP contribution >= 0.6 is 11.3 Å². The Balaban J connectivity index is 1.34. The van der Waals surface area contributed by atoms with Gasteiger partial charge in [0.15, 0.2) is 11.5 Å². The fourth-order valence-electron chi connectivity index (χ4n) is 4.40. The van der Waals surface area contributed by atoms with Crippen LogP contribution < -0.4 is 4.90 Å². The first kappa shape index (κ1) is 17.2. The van der Waals surface area contributed by atoms with Gasteiger partial charge in [-0.1, -0.05) is 0 Å². The predicted octanol–water partition coefficient (Wildman–Crippen LogP) is 4.08. The van der Waals surface area contributed by atoms with Gasteiger partial charge >= 0.3 is 0 Å². The van der Waals surface area contributed by atoms with Gasteiger partial charge in [-0.15, -0.1) is 11.3 Å². The minimum absolute atomic E-state index is 0.439. The summed E-state index contributed by atoms with van der Waals surface area (Å²) in [5.41, 5.74) is 3.66. The van der Waals surface area contributed by atoms with Crippen LogP contribution in [0.25, 0.3) is 5.65 Å². The van der Waals surface area contributed by atoms with E-state index in [1.807, 2.05) is 15.9 Å². The number of nitrogens with zero attached hydrogens (tertiary/aromatic N) is 5. The van der Waals surface area contributed by atoms with E-state index >= 15 is 0 Å². The number of hydrogen-bond donors (Lipinski definition) is 0. The maximum Gasteiger partial charge on any atom is 0.156 e. The van der Waals surface area contributed by atoms with E-state index in [1.165, 1.54) is 48.4 Å². The molecule has 2 fully saturated rings. The highest BCUT2D eigenvalue weighted by molar-refractivity contribution is 7.10. The Hall–Kier alpha value is -1.92. The molecule has 0 amide bonds. The minimum atomic E-state index is 0.439. The first-order valence-electron chi connectivity index (χ1n) is 10.1. The number of piperidine rings is 1. The van der Waals surface area contributed by atoms with Crippen molar-refractivity contribution in [2.45, 2.75) is 45.1 Å². The van der Waals surface area contributed by atoms with Gasteiger partial charge in [-0.3, -0.25) is 4.90 Å². The summed E-state index contributed by atoms with van der Waals surface area (Å²) in [6.45, 7) is 7.84. The number of rotatable bonds is 4. The molecule has 2 aliphatic heterocycles. The van der Waals surface area contributed by atoms with E-state index in [1.54, 1.807) is 0 Å². The second-order valence-electron chi connectivity index (χ2n) is 7.96. The van der Waals surface area contributed by atoms with E-state index in [0.717, 1.165) is 37.7 Å². The van der Waals surface area contributed by atoms with Gasteiger partial charge < -0.3 is 4.90 Å². The molecule has 0 saturated carbocycles. The van der Waals surface area contributed by atoms with Crippen molar-refractivity contribution in [1.29, 1.82) is 0 Å². The average Bonchev–Trinajstić information content (AvgIpc) is 3.42. The number of fused-ring (bicyclic) bond motifs is 1. The van der Waals surface area contributed by atoms with Crippen LogP contribution in [0.3, 0.4) is 0 Å². The molecular weight excluding hydrogens is 354 g/mol. The van der Waals surface area contributed by atoms with Crippen LogP contribution in [0.4, 0.5) is 5.69 Å². The van der Waals surface area contributed by atoms with Crippen LogP contribution in [0, 0.1) is 6.92 Å². The molecule has 142 valence electrons. The van der Waals surface area contributed by atoms with Gasteiger partial charge in [-0.2, -0.15) is 5.10 Å². The third-order valence-corrected chi connectivity index (χ3v) is 7.02. The minimum Gasteiger partial charge on any atom is -0.370 e. The summed E-state index contributed by atoms with van der Waals surface area (Å²) in [5, 5.41) is 7.07. The highest BCUT2D eigenvalue weighted by Crippen LogP contribution is 2.28. The monoisotopic (exact) mass is 381 g/mol. The van der Waals surface area contributed by atoms with E-state index in [-0.39, 0.29) is 0 Å². The fourth-order valence-corrected chi connectivity index (χ4v) is 5.35. The zero-order valence-electron chi connectivity index (χ0n) is 16.0. The summed E-state index contributed by atoms with van der Waals surface area (Å²) < 4.78 is 1.99. The molecule has 3 aromatic rings. The molecule has 0 spiro atoms. The number of pyridine rings is 1. The average molecular weight is 382 g/mol. The molecule has 3 aromatic heterocycles. The van der Waals surface area contributed by atoms with Crippen molar-refractivity contribution in [2.24, 2.45) is 0 Å². The summed E-state index contributed by atoms with van der Waals surface area (Å²) >= 11 is 1.88. The van der Waals surface area contributed by atoms with Crippen molar-refractivity contribution in [1.82, 2.24) is 19.5 Å². The lowest BCUT2D eigenvalue weighted by Crippen LogP contribution is -2.34. The lowest BCUT2D eigenvalue weighted by atomic mass is 9.97. The van der Waals surface area contributed by atoms with Crippen LogP contribution in [0.1, 0.15) is 47.9 Å². The number of aromatic nitrogens is 3. The van der Waals surface area contributed by atoms with Crippen LogP contribution in [-0.2, 0) is 6.54 Å². The molecule has 2 aliphatic rings. The topological polar surface area (TPSA) is 36.7 Å². The second kappa shape index (κ2) is 7.24. The van der Waals surface area contributed by atoms with Gasteiger partial charge in [0, 0.05) is 37.0 Å². The number of anilines is 1. The van der Waals surface area contributed by atoms with Crippen molar-refractivity contribution in [3.8, 4) is 0 Å². The lowest BCUT2D eigenvalue weighted by Gasteiger charge is -2.31. The van der Waals surface area contributed by atoms with E-state index in [2.05, 4.69) is 46.5 Å². The molecular formula is C21H27N5S. The Bertz CT molecular complexity index is 924. The Morgan fingerprint density at radius 1 is 1.11 bits per heavy atom. The molecule has 0 aromatic carbocycles. The molecule has 2 saturated heterocycles. The van der Waals surface area contributed by atoms with E-state index in [0.29, 0.717) is 5.92 Å². The van der Waals surface area contributed by atoms with Gasteiger partial charge in [-0.25, -0.2) is 9.50 Å². The standard InChI is InChI=1S/C21H27N5S/c1-16-8-12-27-19(16)15-24-9-4-5-17(13-24)21-22-20-7-6-18(14-26(20)23-21)25-10-2-3-11-25/h6-8,12,14,17H,2-5,9-11,13,15H2,1H3/t17-/m0/s1. The normalized spacial score (nSPS) is 21.4. The maximum atomic E-state index is 4.87. The lowest BCUT2D eigenvalue weighted by molar-refractivity contribution is 0.198. The van der Waals surface area contributed by atoms with Crippen LogP contribution in [0.2, 0.25) is 0 Å². The number of hydrogen-bond acceptors (Lipinski definition) is 5. The molecule has 5 heterocycles. The molecule has 0 radical (unpaired) electrons. The smallest absolute Gasteiger partial charge is 0.156 e. The summed E-state index contributed by atoms with van der Waals surface area (Å²) in [4.78, 5) is 11.4. The largest absolute Gasteiger partial charge is 0.370 e. The molecule has 1 atom stereocenters. The maximum absolute atomic E-state index is 4.87. The zero-order chi connectivity index (χ0) is 18.2. The Morgan fingerprint density at radius 3 is 2.81 bits per heavy atom. The molecule has 0 unspecified atom stereocenters. The number of likely N-dealkylation sites (tertiary alicyclic amines) is 1. The Kier molecular flexibility index (Phi) is 4.61. The van der Waals surface area contributed by atoms with Crippen molar-refractivity contribution in [2.75, 3.05) is 31.1 Å². The van der Waals surface area contributed by atoms with Crippen molar-refractivity contribution >= 4 is 22.7 Å². The van der Waals surface area contributed by atoms with E-state index < -0.39 is 0 Å². The summed E-state index contributed by atoms with van der Waals surface area (Å²) in [6.07, 6.45) is 7.16. The van der Waals surface area contributed by atoms with Crippen LogP contribution in [-0.4, -0.2) is 45.7 Å². The van der Waals surface area contributed by atoms with Gasteiger partial charge in [-0.05, 0) is 68.3 Å². The molecule has 5 nitrogen and oxygen atoms in total. The fraction of sp³-hybridized carbons (Fsp3) is 0.524. The molecule has 5 rings (SSSR count). The summed E-state index contributed by atoms with van der Waals surface area (Å²) in [7, 11) is 0. The zero-order valence-corrected chi connectivity index (χ0v) is 16.8. The SMILES string of the molecule is Cc1ccsc1CN1CCC[C@H](c2nc3ccc(N4CCCC4)cn3n2)C1. The third-order valence-electron chi connectivity index (χ3n) is 6.01. The number of aryl methyl sites for hydroxylation is 1. The number of thiophene rings is 1. The highest BCUT2D eigenvalue weighted by Gasteiger charge is 2.25. The molecule has 0 N–H and O–H groups in total. The van der Waals surface area contributed by atoms with Gasteiger partial charge in [0.05, 0.1) is 11.9 Å². The first-order chi connectivity index (χ1) is 13.3. The first-order valence-corrected chi connectivity index (χ1v) is 11.0. The molecule has 27 heavy (non-hydrogen) atoms. The quantitative estimate of drug-likeness (QED) is 0.682.